The molecule has 2 rings (SSSR count). The summed E-state index contributed by atoms with van der Waals surface area (Å²) in [5.41, 5.74) is 0.987. The molecule has 0 fully saturated rings. The molecule has 4 nitrogen and oxygen atoms in total. The van der Waals surface area contributed by atoms with Gasteiger partial charge in [-0.05, 0) is 25.1 Å². The SMILES string of the molecule is Cc1csc(Oc2ccc(C(=O)O)cc2Cl)n1. The van der Waals surface area contributed by atoms with Crippen molar-refractivity contribution in [3.05, 3.63) is 39.9 Å². The summed E-state index contributed by atoms with van der Waals surface area (Å²) in [7, 11) is 0. The van der Waals surface area contributed by atoms with Crippen molar-refractivity contribution >= 4 is 28.9 Å². The van der Waals surface area contributed by atoms with Crippen LogP contribution in [0.4, 0.5) is 0 Å². The van der Waals surface area contributed by atoms with Crippen LogP contribution in [0.5, 0.6) is 10.9 Å². The van der Waals surface area contributed by atoms with E-state index in [1.54, 1.807) is 0 Å². The van der Waals surface area contributed by atoms with E-state index in [0.29, 0.717) is 10.9 Å². The van der Waals surface area contributed by atoms with Crippen molar-refractivity contribution in [2.45, 2.75) is 6.92 Å². The van der Waals surface area contributed by atoms with Crippen molar-refractivity contribution in [3.8, 4) is 10.9 Å². The molecule has 1 aromatic heterocycles. The Morgan fingerprint density at radius 1 is 1.53 bits per heavy atom. The molecule has 1 aromatic carbocycles. The molecule has 1 heterocycles. The predicted octanol–water partition coefficient (Wildman–Crippen LogP) is 3.60. The summed E-state index contributed by atoms with van der Waals surface area (Å²) in [6.07, 6.45) is 0. The van der Waals surface area contributed by atoms with Crippen molar-refractivity contribution in [2.24, 2.45) is 0 Å². The van der Waals surface area contributed by atoms with Gasteiger partial charge in [0.25, 0.3) is 5.19 Å². The third-order valence-corrected chi connectivity index (χ3v) is 3.10. The summed E-state index contributed by atoms with van der Waals surface area (Å²) in [6, 6.07) is 4.30. The molecule has 0 amide bonds. The average Bonchev–Trinajstić information content (AvgIpc) is 2.67. The molecule has 0 aliphatic carbocycles. The third-order valence-electron chi connectivity index (χ3n) is 1.97. The number of aryl methyl sites for hydroxylation is 1. The first-order valence-corrected chi connectivity index (χ1v) is 5.95. The minimum Gasteiger partial charge on any atom is -0.478 e. The summed E-state index contributed by atoms with van der Waals surface area (Å²) >= 11 is 7.27. The zero-order valence-corrected chi connectivity index (χ0v) is 10.4. The number of ether oxygens (including phenoxy) is 1. The number of rotatable bonds is 3. The Morgan fingerprint density at radius 3 is 2.82 bits per heavy atom. The lowest BCUT2D eigenvalue weighted by atomic mass is 10.2. The van der Waals surface area contributed by atoms with Gasteiger partial charge < -0.3 is 9.84 Å². The maximum absolute atomic E-state index is 10.7. The molecule has 2 aromatic rings. The molecule has 0 bridgehead atoms. The van der Waals surface area contributed by atoms with Gasteiger partial charge in [0.05, 0.1) is 16.3 Å². The molecule has 0 aliphatic rings. The summed E-state index contributed by atoms with van der Waals surface area (Å²) in [6.45, 7) is 1.86. The van der Waals surface area contributed by atoms with Gasteiger partial charge in [-0.3, -0.25) is 0 Å². The van der Waals surface area contributed by atoms with Crippen LogP contribution in [0.3, 0.4) is 0 Å². The highest BCUT2D eigenvalue weighted by Crippen LogP contribution is 2.31. The smallest absolute Gasteiger partial charge is 0.335 e. The first-order valence-electron chi connectivity index (χ1n) is 4.69. The number of carbonyl (C=O) groups is 1. The lowest BCUT2D eigenvalue weighted by Gasteiger charge is -2.04. The Hall–Kier alpha value is -1.59. The number of halogens is 1. The van der Waals surface area contributed by atoms with Crippen LogP contribution < -0.4 is 4.74 Å². The molecule has 0 saturated heterocycles. The van der Waals surface area contributed by atoms with Gasteiger partial charge in [0, 0.05) is 5.38 Å². The largest absolute Gasteiger partial charge is 0.478 e. The van der Waals surface area contributed by atoms with Crippen LogP contribution in [0.1, 0.15) is 16.1 Å². The molecule has 0 radical (unpaired) electrons. The second kappa shape index (κ2) is 4.73. The predicted molar refractivity (Wildman–Crippen MR) is 65.3 cm³/mol. The first kappa shape index (κ1) is 11.9. The maximum atomic E-state index is 10.7. The van der Waals surface area contributed by atoms with Gasteiger partial charge in [0.2, 0.25) is 0 Å². The van der Waals surface area contributed by atoms with Gasteiger partial charge in [-0.25, -0.2) is 9.78 Å². The van der Waals surface area contributed by atoms with Crippen LogP contribution in [0.2, 0.25) is 5.02 Å². The second-order valence-corrected chi connectivity index (χ2v) is 4.54. The standard InChI is InChI=1S/C11H8ClNO3S/c1-6-5-17-11(13-6)16-9-3-2-7(10(14)15)4-8(9)12/h2-5H,1H3,(H,14,15). The minimum atomic E-state index is -1.02. The number of aromatic nitrogens is 1. The summed E-state index contributed by atoms with van der Waals surface area (Å²) < 4.78 is 5.45. The number of carboxylic acids is 1. The highest BCUT2D eigenvalue weighted by atomic mass is 35.5. The molecular weight excluding hydrogens is 262 g/mol. The summed E-state index contributed by atoms with van der Waals surface area (Å²) in [5.74, 6) is -0.630. The lowest BCUT2D eigenvalue weighted by Crippen LogP contribution is -1.96. The van der Waals surface area contributed by atoms with E-state index in [1.165, 1.54) is 29.5 Å². The fraction of sp³-hybridized carbons (Fsp3) is 0.0909. The van der Waals surface area contributed by atoms with E-state index in [9.17, 15) is 4.79 Å². The molecule has 0 saturated carbocycles. The molecule has 88 valence electrons. The molecular formula is C11H8ClNO3S. The van der Waals surface area contributed by atoms with Crippen LogP contribution >= 0.6 is 22.9 Å². The second-order valence-electron chi connectivity index (χ2n) is 3.31. The fourth-order valence-corrected chi connectivity index (χ4v) is 2.07. The molecule has 6 heteroatoms. The fourth-order valence-electron chi connectivity index (χ4n) is 1.19. The zero-order chi connectivity index (χ0) is 12.4. The zero-order valence-electron chi connectivity index (χ0n) is 8.81. The van der Waals surface area contributed by atoms with E-state index >= 15 is 0 Å². The third kappa shape index (κ3) is 2.75. The number of carboxylic acid groups (broad SMARTS) is 1. The molecule has 0 aliphatic heterocycles. The number of hydrogen-bond acceptors (Lipinski definition) is 4. The average molecular weight is 270 g/mol. The van der Waals surface area contributed by atoms with E-state index in [1.807, 2.05) is 12.3 Å². The van der Waals surface area contributed by atoms with E-state index in [-0.39, 0.29) is 10.6 Å². The van der Waals surface area contributed by atoms with Crippen molar-refractivity contribution in [1.29, 1.82) is 0 Å². The van der Waals surface area contributed by atoms with Crippen molar-refractivity contribution in [1.82, 2.24) is 4.98 Å². The quantitative estimate of drug-likeness (QED) is 0.925. The van der Waals surface area contributed by atoms with Gasteiger partial charge in [0.15, 0.2) is 0 Å². The Balaban J connectivity index is 2.25. The molecule has 0 atom stereocenters. The molecule has 17 heavy (non-hydrogen) atoms. The van der Waals surface area contributed by atoms with Crippen LogP contribution in [0.15, 0.2) is 23.6 Å². The van der Waals surface area contributed by atoms with Gasteiger partial charge in [-0.1, -0.05) is 22.9 Å². The topological polar surface area (TPSA) is 59.4 Å². The Kier molecular flexibility index (Phi) is 3.31. The van der Waals surface area contributed by atoms with E-state index in [2.05, 4.69) is 4.98 Å². The molecule has 0 unspecified atom stereocenters. The van der Waals surface area contributed by atoms with Gasteiger partial charge in [-0.2, -0.15) is 0 Å². The van der Waals surface area contributed by atoms with Gasteiger partial charge >= 0.3 is 5.97 Å². The van der Waals surface area contributed by atoms with E-state index < -0.39 is 5.97 Å². The molecule has 0 spiro atoms. The maximum Gasteiger partial charge on any atom is 0.335 e. The first-order chi connectivity index (χ1) is 8.06. The highest BCUT2D eigenvalue weighted by molar-refractivity contribution is 7.11. The van der Waals surface area contributed by atoms with E-state index in [0.717, 1.165) is 5.69 Å². The Morgan fingerprint density at radius 2 is 2.29 bits per heavy atom. The van der Waals surface area contributed by atoms with E-state index in [4.69, 9.17) is 21.4 Å². The van der Waals surface area contributed by atoms with Gasteiger partial charge in [0.1, 0.15) is 5.75 Å². The van der Waals surface area contributed by atoms with Crippen LogP contribution in [-0.4, -0.2) is 16.1 Å². The number of nitrogens with zero attached hydrogens (tertiary/aromatic N) is 1. The van der Waals surface area contributed by atoms with Crippen molar-refractivity contribution in [2.75, 3.05) is 0 Å². The number of thiazole rings is 1. The van der Waals surface area contributed by atoms with Crippen LogP contribution in [-0.2, 0) is 0 Å². The lowest BCUT2D eigenvalue weighted by molar-refractivity contribution is 0.0697. The summed E-state index contributed by atoms with van der Waals surface area (Å²) in [4.78, 5) is 14.8. The van der Waals surface area contributed by atoms with Gasteiger partial charge in [-0.15, -0.1) is 0 Å². The summed E-state index contributed by atoms with van der Waals surface area (Å²) in [5, 5.41) is 11.4. The number of benzene rings is 1. The van der Waals surface area contributed by atoms with Crippen LogP contribution in [0, 0.1) is 6.92 Å². The Labute approximate surface area is 106 Å². The van der Waals surface area contributed by atoms with Crippen LogP contribution in [0.25, 0.3) is 0 Å². The number of hydrogen-bond donors (Lipinski definition) is 1. The Bertz CT molecular complexity index is 568. The van der Waals surface area contributed by atoms with Crippen molar-refractivity contribution < 1.29 is 14.6 Å². The highest BCUT2D eigenvalue weighted by Gasteiger charge is 2.09. The normalized spacial score (nSPS) is 10.2. The monoisotopic (exact) mass is 269 g/mol. The number of aromatic carboxylic acids is 1. The van der Waals surface area contributed by atoms with Crippen molar-refractivity contribution in [3.63, 3.8) is 0 Å². The minimum absolute atomic E-state index is 0.123. The molecule has 1 N–H and O–H groups in total.